The van der Waals surface area contributed by atoms with Crippen LogP contribution in [-0.4, -0.2) is 48.9 Å². The Labute approximate surface area is 113 Å². The Morgan fingerprint density at radius 1 is 1.26 bits per heavy atom. The van der Waals surface area contributed by atoms with Gasteiger partial charge < -0.3 is 19.9 Å². The van der Waals surface area contributed by atoms with Crippen molar-refractivity contribution in [2.24, 2.45) is 0 Å². The van der Waals surface area contributed by atoms with Crippen LogP contribution >= 0.6 is 0 Å². The van der Waals surface area contributed by atoms with E-state index >= 15 is 0 Å². The minimum Gasteiger partial charge on any atom is -0.479 e. The van der Waals surface area contributed by atoms with Crippen molar-refractivity contribution in [3.05, 3.63) is 0 Å². The van der Waals surface area contributed by atoms with Gasteiger partial charge in [-0.25, -0.2) is 4.79 Å². The predicted octanol–water partition coefficient (Wildman–Crippen LogP) is 0.942. The molecule has 0 aromatic heterocycles. The largest absolute Gasteiger partial charge is 0.479 e. The van der Waals surface area contributed by atoms with Crippen LogP contribution in [0.1, 0.15) is 39.0 Å². The molecule has 1 heterocycles. The second-order valence-corrected chi connectivity index (χ2v) is 4.64. The minimum atomic E-state index is -1.00. The van der Waals surface area contributed by atoms with Crippen molar-refractivity contribution in [1.29, 1.82) is 0 Å². The van der Waals surface area contributed by atoms with Crippen molar-refractivity contribution in [1.82, 2.24) is 5.32 Å². The van der Waals surface area contributed by atoms with Gasteiger partial charge in [0.2, 0.25) is 5.91 Å². The lowest BCUT2D eigenvalue weighted by molar-refractivity contribution is -0.151. The maximum atomic E-state index is 11.7. The van der Waals surface area contributed by atoms with Gasteiger partial charge in [-0.1, -0.05) is 13.3 Å². The van der Waals surface area contributed by atoms with Gasteiger partial charge in [-0.3, -0.25) is 4.79 Å². The Kier molecular flexibility index (Phi) is 7.43. The number of nitrogens with one attached hydrogen (secondary N) is 1. The lowest BCUT2D eigenvalue weighted by Crippen LogP contribution is -2.36. The molecule has 0 radical (unpaired) electrons. The van der Waals surface area contributed by atoms with E-state index in [2.05, 4.69) is 12.2 Å². The standard InChI is InChI=1S/C13H23NO5/c1-2-3-8-18-9-4-7-14-12(15)10-5-6-11(19-10)13(16)17/h10-11H,2-9H2,1H3,(H,14,15)(H,16,17)/t10-,11+/m0/s1. The molecule has 0 saturated carbocycles. The first-order chi connectivity index (χ1) is 9.15. The number of carboxylic acid groups (broad SMARTS) is 1. The molecule has 1 fully saturated rings. The van der Waals surface area contributed by atoms with E-state index in [0.29, 0.717) is 26.0 Å². The van der Waals surface area contributed by atoms with E-state index in [0.717, 1.165) is 25.9 Å². The third kappa shape index (κ3) is 6.02. The molecule has 0 spiro atoms. The van der Waals surface area contributed by atoms with Crippen molar-refractivity contribution in [2.75, 3.05) is 19.8 Å². The minimum absolute atomic E-state index is 0.225. The number of aliphatic carboxylic acids is 1. The first-order valence-corrected chi connectivity index (χ1v) is 6.89. The fourth-order valence-corrected chi connectivity index (χ4v) is 1.86. The van der Waals surface area contributed by atoms with Crippen LogP contribution in [0.3, 0.4) is 0 Å². The summed E-state index contributed by atoms with van der Waals surface area (Å²) in [6.45, 7) is 4.03. The topological polar surface area (TPSA) is 84.9 Å². The van der Waals surface area contributed by atoms with Crippen LogP contribution in [0.4, 0.5) is 0 Å². The van der Waals surface area contributed by atoms with Gasteiger partial charge in [0.1, 0.15) is 6.10 Å². The molecular formula is C13H23NO5. The molecule has 2 atom stereocenters. The maximum absolute atomic E-state index is 11.7. The van der Waals surface area contributed by atoms with Gasteiger partial charge in [-0.15, -0.1) is 0 Å². The number of hydrogen-bond acceptors (Lipinski definition) is 4. The van der Waals surface area contributed by atoms with Crippen LogP contribution in [0.15, 0.2) is 0 Å². The lowest BCUT2D eigenvalue weighted by atomic mass is 10.2. The van der Waals surface area contributed by atoms with E-state index in [1.54, 1.807) is 0 Å². The van der Waals surface area contributed by atoms with Crippen LogP contribution in [-0.2, 0) is 19.1 Å². The first-order valence-electron chi connectivity index (χ1n) is 6.89. The summed E-state index contributed by atoms with van der Waals surface area (Å²) in [6.07, 6.45) is 2.32. The van der Waals surface area contributed by atoms with Crippen LogP contribution in [0, 0.1) is 0 Å². The molecule has 0 bridgehead atoms. The number of rotatable bonds is 9. The molecule has 0 aromatic carbocycles. The second-order valence-electron chi connectivity index (χ2n) is 4.64. The van der Waals surface area contributed by atoms with Crippen molar-refractivity contribution in [2.45, 2.75) is 51.2 Å². The van der Waals surface area contributed by atoms with Crippen LogP contribution in [0.25, 0.3) is 0 Å². The zero-order valence-corrected chi connectivity index (χ0v) is 11.4. The fraction of sp³-hybridized carbons (Fsp3) is 0.846. The molecule has 110 valence electrons. The summed E-state index contributed by atoms with van der Waals surface area (Å²) in [4.78, 5) is 22.4. The summed E-state index contributed by atoms with van der Waals surface area (Å²) in [5.74, 6) is -1.23. The van der Waals surface area contributed by atoms with Gasteiger partial charge in [-0.2, -0.15) is 0 Å². The average molecular weight is 273 g/mol. The fourth-order valence-electron chi connectivity index (χ4n) is 1.86. The Morgan fingerprint density at radius 3 is 2.58 bits per heavy atom. The Hall–Kier alpha value is -1.14. The van der Waals surface area contributed by atoms with Crippen molar-refractivity contribution in [3.63, 3.8) is 0 Å². The highest BCUT2D eigenvalue weighted by molar-refractivity contribution is 5.82. The van der Waals surface area contributed by atoms with E-state index in [4.69, 9.17) is 14.6 Å². The molecule has 1 aliphatic heterocycles. The summed E-state index contributed by atoms with van der Waals surface area (Å²) >= 11 is 0. The zero-order valence-electron chi connectivity index (χ0n) is 11.4. The van der Waals surface area contributed by atoms with Crippen molar-refractivity contribution in [3.8, 4) is 0 Å². The quantitative estimate of drug-likeness (QED) is 0.611. The summed E-state index contributed by atoms with van der Waals surface area (Å²) in [6, 6.07) is 0. The summed E-state index contributed by atoms with van der Waals surface area (Å²) in [7, 11) is 0. The van der Waals surface area contributed by atoms with Gasteiger partial charge in [0.15, 0.2) is 6.10 Å². The van der Waals surface area contributed by atoms with Crippen molar-refractivity contribution < 1.29 is 24.2 Å². The van der Waals surface area contributed by atoms with Gasteiger partial charge >= 0.3 is 5.97 Å². The molecular weight excluding hydrogens is 250 g/mol. The molecule has 0 unspecified atom stereocenters. The predicted molar refractivity (Wildman–Crippen MR) is 68.9 cm³/mol. The zero-order chi connectivity index (χ0) is 14.1. The van der Waals surface area contributed by atoms with Crippen LogP contribution < -0.4 is 5.32 Å². The van der Waals surface area contributed by atoms with Gasteiger partial charge in [-0.05, 0) is 25.7 Å². The molecule has 2 N–H and O–H groups in total. The molecule has 19 heavy (non-hydrogen) atoms. The van der Waals surface area contributed by atoms with Gasteiger partial charge in [0, 0.05) is 19.8 Å². The number of amides is 1. The highest BCUT2D eigenvalue weighted by Gasteiger charge is 2.34. The van der Waals surface area contributed by atoms with Crippen LogP contribution in [0.2, 0.25) is 0 Å². The van der Waals surface area contributed by atoms with E-state index < -0.39 is 18.2 Å². The summed E-state index contributed by atoms with van der Waals surface area (Å²) in [5, 5.41) is 11.5. The highest BCUT2D eigenvalue weighted by Crippen LogP contribution is 2.19. The van der Waals surface area contributed by atoms with E-state index in [1.807, 2.05) is 0 Å². The van der Waals surface area contributed by atoms with Crippen molar-refractivity contribution >= 4 is 11.9 Å². The maximum Gasteiger partial charge on any atom is 0.332 e. The van der Waals surface area contributed by atoms with E-state index in [9.17, 15) is 9.59 Å². The number of carboxylic acids is 1. The number of carbonyl (C=O) groups excluding carboxylic acids is 1. The third-order valence-electron chi connectivity index (χ3n) is 2.99. The Morgan fingerprint density at radius 2 is 1.95 bits per heavy atom. The number of carbonyl (C=O) groups is 2. The second kappa shape index (κ2) is 8.87. The highest BCUT2D eigenvalue weighted by atomic mass is 16.5. The first kappa shape index (κ1) is 15.9. The Balaban J connectivity index is 2.04. The molecule has 0 aliphatic carbocycles. The average Bonchev–Trinajstić information content (AvgIpc) is 2.87. The molecule has 1 aliphatic rings. The molecule has 0 aromatic rings. The molecule has 6 heteroatoms. The van der Waals surface area contributed by atoms with Gasteiger partial charge in [0.25, 0.3) is 0 Å². The normalized spacial score (nSPS) is 22.4. The smallest absolute Gasteiger partial charge is 0.332 e. The van der Waals surface area contributed by atoms with E-state index in [1.165, 1.54) is 0 Å². The SMILES string of the molecule is CCCCOCCCNC(=O)[C@@H]1CC[C@H](C(=O)O)O1. The number of hydrogen-bond donors (Lipinski definition) is 2. The molecule has 6 nitrogen and oxygen atoms in total. The van der Waals surface area contributed by atoms with Gasteiger partial charge in [0.05, 0.1) is 0 Å². The summed E-state index contributed by atoms with van der Waals surface area (Å²) < 4.78 is 10.5. The lowest BCUT2D eigenvalue weighted by Gasteiger charge is -2.11. The molecule has 1 amide bonds. The van der Waals surface area contributed by atoms with Crippen LogP contribution in [0.5, 0.6) is 0 Å². The van der Waals surface area contributed by atoms with E-state index in [-0.39, 0.29) is 5.91 Å². The molecule has 1 saturated heterocycles. The third-order valence-corrected chi connectivity index (χ3v) is 2.99. The Bertz CT molecular complexity index is 295. The number of ether oxygens (including phenoxy) is 2. The summed E-state index contributed by atoms with van der Waals surface area (Å²) in [5.41, 5.74) is 0. The molecule has 1 rings (SSSR count). The monoisotopic (exact) mass is 273 g/mol. The number of unbranched alkanes of at least 4 members (excludes halogenated alkanes) is 1.